The molecule has 0 aliphatic heterocycles. The maximum Gasteiger partial charge on any atom is 0.267 e. The minimum atomic E-state index is -0.518. The van der Waals surface area contributed by atoms with Crippen LogP contribution in [-0.4, -0.2) is 20.4 Å². The molecule has 0 spiro atoms. The van der Waals surface area contributed by atoms with Gasteiger partial charge in [-0.3, -0.25) is 4.79 Å². The molecule has 2 aromatic heterocycles. The molecule has 0 fully saturated rings. The van der Waals surface area contributed by atoms with E-state index in [1.165, 1.54) is 0 Å². The van der Waals surface area contributed by atoms with Gasteiger partial charge in [0.25, 0.3) is 5.91 Å². The maximum atomic E-state index is 10.9. The average Bonchev–Trinajstić information content (AvgIpc) is 2.59. The van der Waals surface area contributed by atoms with Crippen LogP contribution in [0.2, 0.25) is 0 Å². The zero-order valence-corrected chi connectivity index (χ0v) is 7.77. The number of carbonyl (C=O) groups is 1. The first kappa shape index (κ1) is 8.68. The number of rotatable bonds is 2. The Kier molecular flexibility index (Phi) is 1.92. The summed E-state index contributed by atoms with van der Waals surface area (Å²) in [5, 5.41) is 0. The molecule has 0 saturated heterocycles. The molecule has 72 valence electrons. The number of carbonyl (C=O) groups excluding carboxylic acids is 1. The third-order valence-corrected chi connectivity index (χ3v) is 2.10. The fourth-order valence-electron chi connectivity index (χ4n) is 1.35. The van der Waals surface area contributed by atoms with Crippen LogP contribution in [0.25, 0.3) is 11.0 Å². The summed E-state index contributed by atoms with van der Waals surface area (Å²) in [7, 11) is 0. The number of nitrogens with zero attached hydrogens (tertiary/aromatic N) is 3. The average molecular weight is 190 g/mol. The second kappa shape index (κ2) is 3.10. The lowest BCUT2D eigenvalue weighted by atomic mass is 10.3. The first-order chi connectivity index (χ1) is 6.72. The first-order valence-electron chi connectivity index (χ1n) is 4.33. The van der Waals surface area contributed by atoms with Crippen molar-refractivity contribution >= 4 is 16.9 Å². The molecule has 2 heterocycles. The highest BCUT2D eigenvalue weighted by Gasteiger charge is 2.06. The molecule has 2 rings (SSSR count). The third kappa shape index (κ3) is 1.22. The van der Waals surface area contributed by atoms with E-state index < -0.39 is 5.91 Å². The van der Waals surface area contributed by atoms with E-state index in [0.29, 0.717) is 0 Å². The van der Waals surface area contributed by atoms with Gasteiger partial charge in [-0.1, -0.05) is 0 Å². The van der Waals surface area contributed by atoms with E-state index in [2.05, 4.69) is 9.97 Å². The molecule has 0 aromatic carbocycles. The molecule has 5 nitrogen and oxygen atoms in total. The molecule has 2 aromatic rings. The van der Waals surface area contributed by atoms with Crippen LogP contribution in [0.5, 0.6) is 0 Å². The van der Waals surface area contributed by atoms with E-state index in [0.717, 1.165) is 17.6 Å². The van der Waals surface area contributed by atoms with Gasteiger partial charge in [0.2, 0.25) is 0 Å². The smallest absolute Gasteiger partial charge is 0.267 e. The van der Waals surface area contributed by atoms with Crippen molar-refractivity contribution in [3.63, 3.8) is 0 Å². The van der Waals surface area contributed by atoms with Crippen molar-refractivity contribution < 1.29 is 4.79 Å². The molecule has 2 N–H and O–H groups in total. The molecule has 0 radical (unpaired) electrons. The van der Waals surface area contributed by atoms with Crippen LogP contribution < -0.4 is 5.73 Å². The Bertz CT molecular complexity index is 489. The largest absolute Gasteiger partial charge is 0.364 e. The molecule has 1 amide bonds. The summed E-state index contributed by atoms with van der Waals surface area (Å²) in [6.07, 6.45) is 3.28. The van der Waals surface area contributed by atoms with E-state index in [4.69, 9.17) is 5.73 Å². The van der Waals surface area contributed by atoms with Crippen LogP contribution in [0, 0.1) is 0 Å². The summed E-state index contributed by atoms with van der Waals surface area (Å²) < 4.78 is 1.93. The van der Waals surface area contributed by atoms with Crippen molar-refractivity contribution in [2.75, 3.05) is 0 Å². The molecule has 0 aliphatic rings. The normalized spacial score (nSPS) is 10.6. The predicted molar refractivity (Wildman–Crippen MR) is 51.7 cm³/mol. The maximum absolute atomic E-state index is 10.9. The fraction of sp³-hybridized carbons (Fsp3) is 0.222. The summed E-state index contributed by atoms with van der Waals surface area (Å²) >= 11 is 0. The van der Waals surface area contributed by atoms with Gasteiger partial charge in [-0.15, -0.1) is 0 Å². The van der Waals surface area contributed by atoms with Crippen LogP contribution >= 0.6 is 0 Å². The van der Waals surface area contributed by atoms with E-state index in [9.17, 15) is 4.79 Å². The molecule has 0 unspecified atom stereocenters. The molecule has 0 aliphatic carbocycles. The molecular formula is C9H10N4O. The standard InChI is InChI=1S/C9H10N4O/c1-2-13-5-12-7-4-11-6(9(10)14)3-8(7)13/h3-5H,2H2,1H3,(H2,10,14). The number of hydrogen-bond acceptors (Lipinski definition) is 3. The molecular weight excluding hydrogens is 180 g/mol. The minimum Gasteiger partial charge on any atom is -0.364 e. The number of aromatic nitrogens is 3. The highest BCUT2D eigenvalue weighted by atomic mass is 16.1. The number of primary amides is 1. The Hall–Kier alpha value is -1.91. The van der Waals surface area contributed by atoms with Crippen LogP contribution in [-0.2, 0) is 6.54 Å². The van der Waals surface area contributed by atoms with Gasteiger partial charge in [0.1, 0.15) is 11.2 Å². The van der Waals surface area contributed by atoms with Gasteiger partial charge >= 0.3 is 0 Å². The molecule has 14 heavy (non-hydrogen) atoms. The van der Waals surface area contributed by atoms with Gasteiger partial charge < -0.3 is 10.3 Å². The van der Waals surface area contributed by atoms with E-state index in [-0.39, 0.29) is 5.69 Å². The second-order valence-electron chi connectivity index (χ2n) is 2.95. The summed E-state index contributed by atoms with van der Waals surface area (Å²) in [5.41, 5.74) is 7.07. The van der Waals surface area contributed by atoms with Gasteiger partial charge in [-0.2, -0.15) is 0 Å². The quantitative estimate of drug-likeness (QED) is 0.751. The van der Waals surface area contributed by atoms with Crippen molar-refractivity contribution in [1.82, 2.24) is 14.5 Å². The molecule has 0 bridgehead atoms. The van der Waals surface area contributed by atoms with E-state index in [1.54, 1.807) is 18.6 Å². The van der Waals surface area contributed by atoms with E-state index >= 15 is 0 Å². The number of pyridine rings is 1. The SMILES string of the molecule is CCn1cnc2cnc(C(N)=O)cc21. The summed E-state index contributed by atoms with van der Waals surface area (Å²) in [5.74, 6) is -0.518. The Morgan fingerprint density at radius 3 is 3.00 bits per heavy atom. The van der Waals surface area contributed by atoms with Gasteiger partial charge in [0.05, 0.1) is 18.0 Å². The lowest BCUT2D eigenvalue weighted by Crippen LogP contribution is -2.12. The zero-order valence-electron chi connectivity index (χ0n) is 7.77. The number of fused-ring (bicyclic) bond motifs is 1. The highest BCUT2D eigenvalue weighted by molar-refractivity contribution is 5.93. The lowest BCUT2D eigenvalue weighted by molar-refractivity contribution is 0.0996. The minimum absolute atomic E-state index is 0.271. The van der Waals surface area contributed by atoms with Crippen molar-refractivity contribution in [3.8, 4) is 0 Å². The number of hydrogen-bond donors (Lipinski definition) is 1. The Morgan fingerprint density at radius 2 is 2.36 bits per heavy atom. The number of nitrogens with two attached hydrogens (primary N) is 1. The molecule has 0 atom stereocenters. The van der Waals surface area contributed by atoms with Gasteiger partial charge in [0.15, 0.2) is 0 Å². The van der Waals surface area contributed by atoms with Crippen molar-refractivity contribution in [1.29, 1.82) is 0 Å². The number of imidazole rings is 1. The first-order valence-corrected chi connectivity index (χ1v) is 4.33. The predicted octanol–water partition coefficient (Wildman–Crippen LogP) is 0.550. The van der Waals surface area contributed by atoms with E-state index in [1.807, 2.05) is 11.5 Å². The van der Waals surface area contributed by atoms with Crippen LogP contribution in [0.1, 0.15) is 17.4 Å². The van der Waals surface area contributed by atoms with Gasteiger partial charge in [0, 0.05) is 6.54 Å². The van der Waals surface area contributed by atoms with Crippen molar-refractivity contribution in [2.24, 2.45) is 5.73 Å². The fourth-order valence-corrected chi connectivity index (χ4v) is 1.35. The van der Waals surface area contributed by atoms with Crippen LogP contribution in [0.15, 0.2) is 18.6 Å². The summed E-state index contributed by atoms with van der Waals surface area (Å²) in [4.78, 5) is 18.9. The van der Waals surface area contributed by atoms with Crippen molar-refractivity contribution in [2.45, 2.75) is 13.5 Å². The second-order valence-corrected chi connectivity index (χ2v) is 2.95. The number of amides is 1. The third-order valence-electron chi connectivity index (χ3n) is 2.10. The molecule has 0 saturated carbocycles. The zero-order chi connectivity index (χ0) is 10.1. The summed E-state index contributed by atoms with van der Waals surface area (Å²) in [6, 6.07) is 1.66. The lowest BCUT2D eigenvalue weighted by Gasteiger charge is -1.99. The Morgan fingerprint density at radius 1 is 1.57 bits per heavy atom. The van der Waals surface area contributed by atoms with Crippen LogP contribution in [0.4, 0.5) is 0 Å². The highest BCUT2D eigenvalue weighted by Crippen LogP contribution is 2.12. The topological polar surface area (TPSA) is 73.8 Å². The Balaban J connectivity index is 2.67. The van der Waals surface area contributed by atoms with Gasteiger partial charge in [-0.05, 0) is 13.0 Å². The monoisotopic (exact) mass is 190 g/mol. The Labute approximate surface area is 80.6 Å². The van der Waals surface area contributed by atoms with Crippen molar-refractivity contribution in [3.05, 3.63) is 24.3 Å². The van der Waals surface area contributed by atoms with Gasteiger partial charge in [-0.25, -0.2) is 9.97 Å². The van der Waals surface area contributed by atoms with Crippen LogP contribution in [0.3, 0.4) is 0 Å². The molecule has 5 heteroatoms. The summed E-state index contributed by atoms with van der Waals surface area (Å²) in [6.45, 7) is 2.81. The number of aryl methyl sites for hydroxylation is 1.